The molecule has 5 nitrogen and oxygen atoms in total. The van der Waals surface area contributed by atoms with Crippen LogP contribution in [0, 0.1) is 0 Å². The number of benzene rings is 2. The van der Waals surface area contributed by atoms with Gasteiger partial charge in [0.15, 0.2) is 5.11 Å². The van der Waals surface area contributed by atoms with E-state index in [0.29, 0.717) is 6.54 Å². The Morgan fingerprint density at radius 3 is 2.67 bits per heavy atom. The van der Waals surface area contributed by atoms with Gasteiger partial charge < -0.3 is 15.0 Å². The predicted octanol–water partition coefficient (Wildman–Crippen LogP) is 4.30. The minimum atomic E-state index is -0.169. The van der Waals surface area contributed by atoms with E-state index in [9.17, 15) is 4.79 Å². The maximum Gasteiger partial charge on any atom is 0.411 e. The lowest BCUT2D eigenvalue weighted by atomic mass is 9.99. The number of carbonyl (C=O) groups excluding carboxylic acids is 1. The predicted molar refractivity (Wildman–Crippen MR) is 120 cm³/mol. The summed E-state index contributed by atoms with van der Waals surface area (Å²) in [5, 5.41) is 4.80. The highest BCUT2D eigenvalue weighted by atomic mass is 35.5. The Labute approximate surface area is 186 Å². The summed E-state index contributed by atoms with van der Waals surface area (Å²) in [6.07, 6.45) is 2.37. The fourth-order valence-electron chi connectivity index (χ4n) is 4.92. The Kier molecular flexibility index (Phi) is 5.29. The molecule has 2 aromatic carbocycles. The molecule has 30 heavy (non-hydrogen) atoms. The average molecular weight is 442 g/mol. The third-order valence-electron chi connectivity index (χ3n) is 6.44. The Hall–Kier alpha value is -2.31. The summed E-state index contributed by atoms with van der Waals surface area (Å²) < 4.78 is 5.73. The Bertz CT molecular complexity index is 976. The fourth-order valence-corrected chi connectivity index (χ4v) is 5.38. The molecule has 2 fully saturated rings. The Morgan fingerprint density at radius 1 is 1.13 bits per heavy atom. The van der Waals surface area contributed by atoms with Gasteiger partial charge >= 0.3 is 6.09 Å². The molecule has 0 bridgehead atoms. The number of piperidine rings is 1. The number of hydrogen-bond acceptors (Lipinski definition) is 3. The summed E-state index contributed by atoms with van der Waals surface area (Å²) >= 11 is 11.8. The van der Waals surface area contributed by atoms with E-state index in [1.807, 2.05) is 35.2 Å². The first-order valence-corrected chi connectivity index (χ1v) is 11.2. The number of fused-ring (bicyclic) bond motifs is 3. The van der Waals surface area contributed by atoms with Crippen molar-refractivity contribution in [3.8, 4) is 0 Å². The second kappa shape index (κ2) is 8.08. The highest BCUT2D eigenvalue weighted by Gasteiger charge is 2.50. The number of amides is 1. The van der Waals surface area contributed by atoms with Gasteiger partial charge in [-0.1, -0.05) is 54.1 Å². The molecule has 0 spiro atoms. The van der Waals surface area contributed by atoms with Crippen molar-refractivity contribution in [1.29, 1.82) is 0 Å². The first-order chi connectivity index (χ1) is 14.6. The van der Waals surface area contributed by atoms with E-state index in [-0.39, 0.29) is 24.3 Å². The van der Waals surface area contributed by atoms with Crippen LogP contribution in [0.5, 0.6) is 0 Å². The van der Waals surface area contributed by atoms with Crippen LogP contribution in [0.25, 0.3) is 0 Å². The molecule has 0 radical (unpaired) electrons. The van der Waals surface area contributed by atoms with Gasteiger partial charge in [-0.15, -0.1) is 0 Å². The first-order valence-electron chi connectivity index (χ1n) is 10.4. The van der Waals surface area contributed by atoms with Crippen LogP contribution in [-0.4, -0.2) is 46.2 Å². The van der Waals surface area contributed by atoms with Crippen LogP contribution < -0.4 is 5.32 Å². The van der Waals surface area contributed by atoms with Gasteiger partial charge in [-0.2, -0.15) is 0 Å². The molecule has 1 N–H and O–H groups in total. The molecule has 0 saturated carbocycles. The molecule has 5 rings (SSSR count). The maximum atomic E-state index is 12.6. The third kappa shape index (κ3) is 3.52. The van der Waals surface area contributed by atoms with E-state index in [4.69, 9.17) is 28.6 Å². The van der Waals surface area contributed by atoms with Crippen LogP contribution in [0.2, 0.25) is 5.02 Å². The van der Waals surface area contributed by atoms with Crippen LogP contribution in [0.3, 0.4) is 0 Å². The lowest BCUT2D eigenvalue weighted by molar-refractivity contribution is 0.118. The van der Waals surface area contributed by atoms with Crippen molar-refractivity contribution in [2.75, 3.05) is 13.1 Å². The lowest BCUT2D eigenvalue weighted by Gasteiger charge is -2.38. The van der Waals surface area contributed by atoms with Crippen LogP contribution in [0.1, 0.15) is 35.6 Å². The topological polar surface area (TPSA) is 44.8 Å². The van der Waals surface area contributed by atoms with Gasteiger partial charge in [0.1, 0.15) is 6.10 Å². The van der Waals surface area contributed by atoms with Crippen molar-refractivity contribution in [1.82, 2.24) is 15.1 Å². The number of ether oxygens (including phenoxy) is 1. The zero-order valence-corrected chi connectivity index (χ0v) is 18.2. The fraction of sp³-hybridized carbons (Fsp3) is 0.391. The molecule has 1 aliphatic carbocycles. The van der Waals surface area contributed by atoms with E-state index in [1.54, 1.807) is 0 Å². The van der Waals surface area contributed by atoms with Crippen molar-refractivity contribution in [2.24, 2.45) is 0 Å². The summed E-state index contributed by atoms with van der Waals surface area (Å²) in [5.74, 6) is 0. The second-order valence-electron chi connectivity index (χ2n) is 8.15. The second-order valence-corrected chi connectivity index (χ2v) is 8.94. The number of thiocarbonyl (C=S) groups is 1. The number of hydrogen-bond donors (Lipinski definition) is 1. The van der Waals surface area contributed by atoms with E-state index in [1.165, 1.54) is 11.1 Å². The molecule has 156 valence electrons. The summed E-state index contributed by atoms with van der Waals surface area (Å²) in [6, 6.07) is 16.4. The van der Waals surface area contributed by atoms with Crippen LogP contribution in [-0.2, 0) is 17.7 Å². The van der Waals surface area contributed by atoms with E-state index < -0.39 is 0 Å². The summed E-state index contributed by atoms with van der Waals surface area (Å²) in [4.78, 5) is 16.8. The zero-order valence-electron chi connectivity index (χ0n) is 16.6. The highest BCUT2D eigenvalue weighted by Crippen LogP contribution is 2.44. The third-order valence-corrected chi connectivity index (χ3v) is 7.21. The summed E-state index contributed by atoms with van der Waals surface area (Å²) in [7, 11) is 0. The zero-order chi connectivity index (χ0) is 20.7. The number of nitrogens with zero attached hydrogens (tertiary/aromatic N) is 2. The SMILES string of the molecule is O=C1OC2Cc3ccccc3C2N1C1CCN(C(=S)NCc2ccccc2Cl)CC1. The molecule has 1 amide bonds. The van der Waals surface area contributed by atoms with Gasteiger partial charge in [0.2, 0.25) is 0 Å². The normalized spacial score (nSPS) is 23.2. The molecule has 2 unspecified atom stereocenters. The summed E-state index contributed by atoms with van der Waals surface area (Å²) in [5.41, 5.74) is 3.57. The van der Waals surface area contributed by atoms with Crippen LogP contribution in [0.4, 0.5) is 4.79 Å². The molecule has 2 heterocycles. The van der Waals surface area contributed by atoms with Gasteiger partial charge in [0.25, 0.3) is 0 Å². The molecular weight excluding hydrogens is 418 g/mol. The molecule has 2 atom stereocenters. The molecule has 2 aromatic rings. The summed E-state index contributed by atoms with van der Waals surface area (Å²) in [6.45, 7) is 2.25. The number of likely N-dealkylation sites (tertiary alicyclic amines) is 1. The van der Waals surface area contributed by atoms with Gasteiger partial charge in [-0.05, 0) is 47.8 Å². The largest absolute Gasteiger partial charge is 0.443 e. The highest BCUT2D eigenvalue weighted by molar-refractivity contribution is 7.80. The van der Waals surface area contributed by atoms with Crippen molar-refractivity contribution in [3.63, 3.8) is 0 Å². The first kappa shape index (κ1) is 19.6. The van der Waals surface area contributed by atoms with Crippen molar-refractivity contribution >= 4 is 35.0 Å². The molecule has 2 saturated heterocycles. The van der Waals surface area contributed by atoms with Crippen molar-refractivity contribution in [3.05, 3.63) is 70.2 Å². The number of halogens is 1. The molecular formula is C23H24ClN3O2S. The van der Waals surface area contributed by atoms with Crippen molar-refractivity contribution < 1.29 is 9.53 Å². The Morgan fingerprint density at radius 2 is 1.87 bits per heavy atom. The number of carbonyl (C=O) groups is 1. The van der Waals surface area contributed by atoms with Crippen LogP contribution in [0.15, 0.2) is 48.5 Å². The van der Waals surface area contributed by atoms with E-state index >= 15 is 0 Å². The molecule has 0 aromatic heterocycles. The van der Waals surface area contributed by atoms with Gasteiger partial charge in [0, 0.05) is 37.1 Å². The van der Waals surface area contributed by atoms with Crippen molar-refractivity contribution in [2.45, 2.75) is 44.0 Å². The average Bonchev–Trinajstić information content (AvgIpc) is 3.27. The number of rotatable bonds is 3. The van der Waals surface area contributed by atoms with E-state index in [2.05, 4.69) is 28.4 Å². The standard InChI is InChI=1S/C23H24ClN3O2S/c24-19-8-4-2-6-16(19)14-25-22(30)26-11-9-17(10-12-26)27-21-18-7-3-1-5-15(18)13-20(21)29-23(27)28/h1-8,17,20-21H,9-14H2,(H,25,30). The number of nitrogens with one attached hydrogen (secondary N) is 1. The smallest absolute Gasteiger partial charge is 0.411 e. The Balaban J connectivity index is 1.20. The van der Waals surface area contributed by atoms with Gasteiger partial charge in [0.05, 0.1) is 6.04 Å². The van der Waals surface area contributed by atoms with Gasteiger partial charge in [-0.3, -0.25) is 4.90 Å². The molecule has 3 aliphatic rings. The quantitative estimate of drug-likeness (QED) is 0.719. The monoisotopic (exact) mass is 441 g/mol. The lowest BCUT2D eigenvalue weighted by Crippen LogP contribution is -2.50. The van der Waals surface area contributed by atoms with Gasteiger partial charge in [-0.25, -0.2) is 4.79 Å². The maximum absolute atomic E-state index is 12.6. The van der Waals surface area contributed by atoms with E-state index in [0.717, 1.165) is 48.1 Å². The molecule has 2 aliphatic heterocycles. The minimum absolute atomic E-state index is 0.0497. The molecule has 7 heteroatoms. The minimum Gasteiger partial charge on any atom is -0.443 e. The van der Waals surface area contributed by atoms with Crippen LogP contribution >= 0.6 is 23.8 Å².